The normalized spacial score (nSPS) is 14.5. The summed E-state index contributed by atoms with van der Waals surface area (Å²) in [5, 5.41) is 7.03. The number of nitrogens with zero attached hydrogens (tertiary/aromatic N) is 5. The van der Waals surface area contributed by atoms with E-state index in [1.165, 1.54) is 10.6 Å². The lowest BCUT2D eigenvalue weighted by Gasteiger charge is -2.37. The van der Waals surface area contributed by atoms with Crippen molar-refractivity contribution in [2.75, 3.05) is 44.7 Å². The van der Waals surface area contributed by atoms with Gasteiger partial charge < -0.3 is 19.7 Å². The van der Waals surface area contributed by atoms with Crippen LogP contribution in [-0.2, 0) is 13.0 Å². The summed E-state index contributed by atoms with van der Waals surface area (Å²) in [5.74, 6) is 2.08. The van der Waals surface area contributed by atoms with E-state index in [1.54, 1.807) is 0 Å². The predicted octanol–water partition coefficient (Wildman–Crippen LogP) is 3.55. The third-order valence-electron chi connectivity index (χ3n) is 5.24. The van der Waals surface area contributed by atoms with E-state index < -0.39 is 0 Å². The minimum atomic E-state index is 0. The monoisotopic (exact) mass is 536 g/mol. The minimum absolute atomic E-state index is 0. The molecule has 0 amide bonds. The molecule has 4 rings (SSSR count). The fourth-order valence-electron chi connectivity index (χ4n) is 3.70. The number of halogens is 1. The molecule has 0 spiro atoms. The Morgan fingerprint density at radius 3 is 2.60 bits per heavy atom. The molecular weight excluding hydrogens is 507 g/mol. The third kappa shape index (κ3) is 5.75. The molecule has 2 aromatic heterocycles. The molecule has 1 N–H and O–H groups in total. The third-order valence-corrected chi connectivity index (χ3v) is 6.17. The average Bonchev–Trinajstić information content (AvgIpc) is 3.45. The zero-order chi connectivity index (χ0) is 19.9. The van der Waals surface area contributed by atoms with Crippen LogP contribution in [0.15, 0.2) is 65.2 Å². The van der Waals surface area contributed by atoms with E-state index in [0.29, 0.717) is 0 Å². The Hall–Kier alpha value is -2.07. The highest BCUT2D eigenvalue weighted by atomic mass is 127. The Morgan fingerprint density at radius 1 is 1.10 bits per heavy atom. The minimum Gasteiger partial charge on any atom is -0.360 e. The second-order valence-electron chi connectivity index (χ2n) is 7.11. The summed E-state index contributed by atoms with van der Waals surface area (Å²) in [4.78, 5) is 13.8. The maximum absolute atomic E-state index is 4.55. The molecule has 0 aliphatic carbocycles. The second kappa shape index (κ2) is 11.4. The summed E-state index contributed by atoms with van der Waals surface area (Å²) < 4.78 is 2.22. The van der Waals surface area contributed by atoms with Crippen LogP contribution in [0.4, 0.5) is 5.00 Å². The van der Waals surface area contributed by atoms with Crippen molar-refractivity contribution in [2.45, 2.75) is 13.0 Å². The highest BCUT2D eigenvalue weighted by Gasteiger charge is 2.20. The topological polar surface area (TPSA) is 48.7 Å². The van der Waals surface area contributed by atoms with E-state index in [2.05, 4.69) is 77.6 Å². The summed E-state index contributed by atoms with van der Waals surface area (Å²) in [6.07, 6.45) is 4.81. The van der Waals surface area contributed by atoms with Gasteiger partial charge in [-0.15, -0.1) is 35.3 Å². The molecule has 1 aliphatic heterocycles. The van der Waals surface area contributed by atoms with Crippen molar-refractivity contribution in [3.8, 4) is 0 Å². The van der Waals surface area contributed by atoms with Crippen molar-refractivity contribution in [3.63, 3.8) is 0 Å². The molecule has 1 aromatic carbocycles. The Bertz CT molecular complexity index is 901. The van der Waals surface area contributed by atoms with Crippen LogP contribution < -0.4 is 10.2 Å². The molecule has 30 heavy (non-hydrogen) atoms. The van der Waals surface area contributed by atoms with Gasteiger partial charge >= 0.3 is 0 Å². The van der Waals surface area contributed by atoms with E-state index in [4.69, 9.17) is 0 Å². The van der Waals surface area contributed by atoms with Crippen LogP contribution in [0.25, 0.3) is 0 Å². The molecule has 1 saturated heterocycles. The molecule has 0 radical (unpaired) electrons. The number of aliphatic imine (C=N–C) groups is 1. The molecule has 6 nitrogen and oxygen atoms in total. The number of imidazole rings is 1. The van der Waals surface area contributed by atoms with Crippen LogP contribution in [0, 0.1) is 0 Å². The van der Waals surface area contributed by atoms with E-state index in [1.807, 2.05) is 30.6 Å². The zero-order valence-electron chi connectivity index (χ0n) is 17.3. The van der Waals surface area contributed by atoms with E-state index in [0.717, 1.165) is 57.5 Å². The molecule has 8 heteroatoms. The van der Waals surface area contributed by atoms with Crippen molar-refractivity contribution in [1.82, 2.24) is 19.8 Å². The Labute approximate surface area is 199 Å². The molecular formula is C22H29IN6S. The smallest absolute Gasteiger partial charge is 0.193 e. The van der Waals surface area contributed by atoms with Crippen LogP contribution in [-0.4, -0.2) is 60.2 Å². The maximum Gasteiger partial charge on any atom is 0.193 e. The van der Waals surface area contributed by atoms with Crippen LogP contribution in [0.2, 0.25) is 0 Å². The first-order valence-electron chi connectivity index (χ1n) is 10.1. The Morgan fingerprint density at radius 2 is 1.90 bits per heavy atom. The fourth-order valence-corrected chi connectivity index (χ4v) is 4.48. The van der Waals surface area contributed by atoms with Crippen LogP contribution in [0.1, 0.15) is 11.4 Å². The molecule has 0 bridgehead atoms. The SMILES string of the molecule is CN=C(NCCc1nccn1Cc1ccccc1)N1CCN(c2cccs2)CC1.I. The van der Waals surface area contributed by atoms with Gasteiger partial charge in [0.2, 0.25) is 0 Å². The maximum atomic E-state index is 4.55. The fraction of sp³-hybridized carbons (Fsp3) is 0.364. The van der Waals surface area contributed by atoms with Gasteiger partial charge in [-0.2, -0.15) is 0 Å². The number of benzene rings is 1. The van der Waals surface area contributed by atoms with Crippen molar-refractivity contribution in [1.29, 1.82) is 0 Å². The average molecular weight is 536 g/mol. The van der Waals surface area contributed by atoms with Crippen molar-refractivity contribution >= 4 is 46.3 Å². The zero-order valence-corrected chi connectivity index (χ0v) is 20.4. The largest absolute Gasteiger partial charge is 0.360 e. The molecule has 0 saturated carbocycles. The lowest BCUT2D eigenvalue weighted by Crippen LogP contribution is -2.52. The summed E-state index contributed by atoms with van der Waals surface area (Å²) in [7, 11) is 1.87. The van der Waals surface area contributed by atoms with Crippen LogP contribution in [0.3, 0.4) is 0 Å². The Balaban J connectivity index is 0.00000256. The van der Waals surface area contributed by atoms with Crippen molar-refractivity contribution in [3.05, 3.63) is 71.6 Å². The van der Waals surface area contributed by atoms with Gasteiger partial charge in [-0.3, -0.25) is 4.99 Å². The summed E-state index contributed by atoms with van der Waals surface area (Å²) in [6, 6.07) is 14.8. The van der Waals surface area contributed by atoms with E-state index in [-0.39, 0.29) is 24.0 Å². The standard InChI is InChI=1S/C22H28N6S.HI/c1-23-22(27-15-13-26(14-16-27)21-8-5-17-29-21)25-10-9-20-24-11-12-28(20)18-19-6-3-2-4-7-19;/h2-8,11-12,17H,9-10,13-16,18H2,1H3,(H,23,25);1H. The second-order valence-corrected chi connectivity index (χ2v) is 8.03. The number of hydrogen-bond acceptors (Lipinski definition) is 4. The van der Waals surface area contributed by atoms with Crippen LogP contribution >= 0.6 is 35.3 Å². The summed E-state index contributed by atoms with van der Waals surface area (Å²) in [5.41, 5.74) is 1.29. The highest BCUT2D eigenvalue weighted by molar-refractivity contribution is 14.0. The van der Waals surface area contributed by atoms with Gasteiger partial charge in [0.15, 0.2) is 5.96 Å². The summed E-state index contributed by atoms with van der Waals surface area (Å²) in [6.45, 7) is 5.71. The molecule has 0 unspecified atom stereocenters. The van der Waals surface area contributed by atoms with Crippen molar-refractivity contribution < 1.29 is 0 Å². The number of nitrogens with one attached hydrogen (secondary N) is 1. The number of rotatable bonds is 6. The lowest BCUT2D eigenvalue weighted by molar-refractivity contribution is 0.373. The van der Waals surface area contributed by atoms with E-state index in [9.17, 15) is 0 Å². The van der Waals surface area contributed by atoms with Gasteiger partial charge in [0.1, 0.15) is 5.82 Å². The van der Waals surface area contributed by atoms with Crippen molar-refractivity contribution in [2.24, 2.45) is 4.99 Å². The molecule has 3 heterocycles. The molecule has 160 valence electrons. The first-order chi connectivity index (χ1) is 14.3. The molecule has 1 aliphatic rings. The predicted molar refractivity (Wildman–Crippen MR) is 136 cm³/mol. The number of anilines is 1. The van der Waals surface area contributed by atoms with Gasteiger partial charge in [0.25, 0.3) is 0 Å². The number of guanidine groups is 1. The van der Waals surface area contributed by atoms with Gasteiger partial charge in [-0.25, -0.2) is 4.98 Å². The molecule has 1 fully saturated rings. The van der Waals surface area contributed by atoms with Crippen LogP contribution in [0.5, 0.6) is 0 Å². The summed E-state index contributed by atoms with van der Waals surface area (Å²) >= 11 is 1.81. The van der Waals surface area contributed by atoms with Gasteiger partial charge in [0, 0.05) is 65.1 Å². The van der Waals surface area contributed by atoms with E-state index >= 15 is 0 Å². The number of piperazine rings is 1. The Kier molecular flexibility index (Phi) is 8.56. The highest BCUT2D eigenvalue weighted by Crippen LogP contribution is 2.22. The first-order valence-corrected chi connectivity index (χ1v) is 11.0. The molecule has 3 aromatic rings. The number of aromatic nitrogens is 2. The molecule has 0 atom stereocenters. The van der Waals surface area contributed by atoms with Gasteiger partial charge in [-0.1, -0.05) is 30.3 Å². The quantitative estimate of drug-likeness (QED) is 0.298. The first kappa shape index (κ1) is 22.6. The number of hydrogen-bond donors (Lipinski definition) is 1. The van der Waals surface area contributed by atoms with Gasteiger partial charge in [-0.05, 0) is 23.1 Å². The lowest BCUT2D eigenvalue weighted by atomic mass is 10.2. The number of thiophene rings is 1. The van der Waals surface area contributed by atoms with Gasteiger partial charge in [0.05, 0.1) is 5.00 Å².